The number of rotatable bonds is 4. The van der Waals surface area contributed by atoms with E-state index in [4.69, 9.17) is 5.26 Å². The molecule has 106 valence electrons. The maximum atomic E-state index is 11.5. The fourth-order valence-corrected chi connectivity index (χ4v) is 2.99. The first-order chi connectivity index (χ1) is 9.61. The summed E-state index contributed by atoms with van der Waals surface area (Å²) in [6, 6.07) is 9.59. The third-order valence-corrected chi connectivity index (χ3v) is 4.26. The van der Waals surface area contributed by atoms with Crippen molar-refractivity contribution in [2.45, 2.75) is 32.6 Å². The summed E-state index contributed by atoms with van der Waals surface area (Å²) in [5, 5.41) is 18.3. The molecular formula is C16H20N2O2. The van der Waals surface area contributed by atoms with E-state index in [2.05, 4.69) is 11.0 Å². The normalized spacial score (nSPS) is 17.5. The Morgan fingerprint density at radius 2 is 1.95 bits per heavy atom. The van der Waals surface area contributed by atoms with Crippen molar-refractivity contribution >= 4 is 11.7 Å². The van der Waals surface area contributed by atoms with Crippen molar-refractivity contribution in [3.8, 4) is 6.07 Å². The van der Waals surface area contributed by atoms with Gasteiger partial charge in [-0.1, -0.05) is 13.3 Å². The van der Waals surface area contributed by atoms with Gasteiger partial charge in [0.2, 0.25) is 0 Å². The Balaban J connectivity index is 2.06. The Kier molecular flexibility index (Phi) is 4.29. The summed E-state index contributed by atoms with van der Waals surface area (Å²) < 4.78 is 0. The summed E-state index contributed by atoms with van der Waals surface area (Å²) >= 11 is 0. The molecule has 0 atom stereocenters. The first-order valence-corrected chi connectivity index (χ1v) is 7.10. The van der Waals surface area contributed by atoms with Crippen LogP contribution in [0.15, 0.2) is 24.3 Å². The summed E-state index contributed by atoms with van der Waals surface area (Å²) in [4.78, 5) is 13.7. The molecule has 1 N–H and O–H groups in total. The molecular weight excluding hydrogens is 252 g/mol. The Morgan fingerprint density at radius 1 is 1.35 bits per heavy atom. The number of carbonyl (C=O) groups is 1. The van der Waals surface area contributed by atoms with Gasteiger partial charge in [-0.25, -0.2) is 0 Å². The standard InChI is InChI=1S/C16H20N2O2/c1-2-7-16(15(19)20)8-10-18(11-9-16)14-5-3-13(12-17)4-6-14/h3-6H,2,7-11H2,1H3,(H,19,20). The molecule has 0 amide bonds. The molecule has 4 heteroatoms. The number of carboxylic acids is 1. The van der Waals surface area contributed by atoms with Crippen LogP contribution in [-0.2, 0) is 4.79 Å². The highest BCUT2D eigenvalue weighted by atomic mass is 16.4. The lowest BCUT2D eigenvalue weighted by Crippen LogP contribution is -2.44. The number of hydrogen-bond donors (Lipinski definition) is 1. The Hall–Kier alpha value is -2.02. The topological polar surface area (TPSA) is 64.3 Å². The van der Waals surface area contributed by atoms with Crippen molar-refractivity contribution in [1.82, 2.24) is 0 Å². The number of carboxylic acid groups (broad SMARTS) is 1. The minimum absolute atomic E-state index is 0.544. The molecule has 1 aromatic carbocycles. The largest absolute Gasteiger partial charge is 0.481 e. The molecule has 0 radical (unpaired) electrons. The van der Waals surface area contributed by atoms with E-state index in [0.717, 1.165) is 31.6 Å². The van der Waals surface area contributed by atoms with E-state index in [-0.39, 0.29) is 0 Å². The second-order valence-corrected chi connectivity index (χ2v) is 5.48. The fraction of sp³-hybridized carbons (Fsp3) is 0.500. The van der Waals surface area contributed by atoms with E-state index in [1.807, 2.05) is 19.1 Å². The van der Waals surface area contributed by atoms with E-state index < -0.39 is 11.4 Å². The molecule has 1 heterocycles. The monoisotopic (exact) mass is 272 g/mol. The minimum Gasteiger partial charge on any atom is -0.481 e. The van der Waals surface area contributed by atoms with Gasteiger partial charge in [-0.15, -0.1) is 0 Å². The van der Waals surface area contributed by atoms with Gasteiger partial charge < -0.3 is 10.0 Å². The third-order valence-electron chi connectivity index (χ3n) is 4.26. The van der Waals surface area contributed by atoms with Gasteiger partial charge >= 0.3 is 5.97 Å². The first kappa shape index (κ1) is 14.4. The van der Waals surface area contributed by atoms with Gasteiger partial charge in [0.25, 0.3) is 0 Å². The van der Waals surface area contributed by atoms with E-state index >= 15 is 0 Å². The van der Waals surface area contributed by atoms with Crippen molar-refractivity contribution < 1.29 is 9.90 Å². The predicted molar refractivity (Wildman–Crippen MR) is 77.6 cm³/mol. The maximum Gasteiger partial charge on any atom is 0.309 e. The lowest BCUT2D eigenvalue weighted by molar-refractivity contribution is -0.150. The van der Waals surface area contributed by atoms with Crippen LogP contribution in [0, 0.1) is 16.7 Å². The number of piperidine rings is 1. The predicted octanol–water partition coefficient (Wildman–Crippen LogP) is 3.03. The zero-order valence-corrected chi connectivity index (χ0v) is 11.8. The van der Waals surface area contributed by atoms with E-state index in [9.17, 15) is 9.90 Å². The van der Waals surface area contributed by atoms with E-state index in [1.165, 1.54) is 0 Å². The highest BCUT2D eigenvalue weighted by Gasteiger charge is 2.40. The van der Waals surface area contributed by atoms with Crippen LogP contribution in [0.4, 0.5) is 5.69 Å². The van der Waals surface area contributed by atoms with E-state index in [0.29, 0.717) is 18.4 Å². The smallest absolute Gasteiger partial charge is 0.309 e. The molecule has 0 aliphatic carbocycles. The summed E-state index contributed by atoms with van der Waals surface area (Å²) in [5.41, 5.74) is 1.17. The van der Waals surface area contributed by atoms with Crippen molar-refractivity contribution in [3.63, 3.8) is 0 Å². The molecule has 0 bridgehead atoms. The lowest BCUT2D eigenvalue weighted by Gasteiger charge is -2.40. The summed E-state index contributed by atoms with van der Waals surface area (Å²) in [6.07, 6.45) is 3.04. The molecule has 0 saturated carbocycles. The zero-order valence-electron chi connectivity index (χ0n) is 11.8. The van der Waals surface area contributed by atoms with Gasteiger partial charge in [0.1, 0.15) is 0 Å². The second-order valence-electron chi connectivity index (χ2n) is 5.48. The van der Waals surface area contributed by atoms with Crippen LogP contribution in [0.2, 0.25) is 0 Å². The molecule has 2 rings (SSSR count). The number of hydrogen-bond acceptors (Lipinski definition) is 3. The quantitative estimate of drug-likeness (QED) is 0.915. The van der Waals surface area contributed by atoms with Crippen LogP contribution >= 0.6 is 0 Å². The lowest BCUT2D eigenvalue weighted by atomic mass is 9.75. The highest BCUT2D eigenvalue weighted by molar-refractivity contribution is 5.75. The molecule has 1 aromatic rings. The average Bonchev–Trinajstić information content (AvgIpc) is 2.48. The van der Waals surface area contributed by atoms with Crippen molar-refractivity contribution in [3.05, 3.63) is 29.8 Å². The molecule has 20 heavy (non-hydrogen) atoms. The number of nitriles is 1. The fourth-order valence-electron chi connectivity index (χ4n) is 2.99. The zero-order chi connectivity index (χ0) is 14.6. The van der Waals surface area contributed by atoms with Crippen LogP contribution < -0.4 is 4.90 Å². The summed E-state index contributed by atoms with van der Waals surface area (Å²) in [7, 11) is 0. The van der Waals surface area contributed by atoms with Crippen molar-refractivity contribution in [2.24, 2.45) is 5.41 Å². The van der Waals surface area contributed by atoms with Gasteiger partial charge in [0, 0.05) is 18.8 Å². The van der Waals surface area contributed by atoms with Crippen LogP contribution in [-0.4, -0.2) is 24.2 Å². The molecule has 1 saturated heterocycles. The summed E-state index contributed by atoms with van der Waals surface area (Å²) in [5.74, 6) is -0.654. The van der Waals surface area contributed by atoms with Crippen LogP contribution in [0.1, 0.15) is 38.2 Å². The van der Waals surface area contributed by atoms with Gasteiger partial charge in [0.05, 0.1) is 17.0 Å². The SMILES string of the molecule is CCCC1(C(=O)O)CCN(c2ccc(C#N)cc2)CC1. The molecule has 0 unspecified atom stereocenters. The third kappa shape index (κ3) is 2.77. The average molecular weight is 272 g/mol. The molecule has 1 aliphatic heterocycles. The van der Waals surface area contributed by atoms with Crippen LogP contribution in [0.3, 0.4) is 0 Å². The number of benzene rings is 1. The Labute approximate surface area is 119 Å². The number of anilines is 1. The van der Waals surface area contributed by atoms with Gasteiger partial charge in [0.15, 0.2) is 0 Å². The highest BCUT2D eigenvalue weighted by Crippen LogP contribution is 2.37. The van der Waals surface area contributed by atoms with Gasteiger partial charge in [-0.3, -0.25) is 4.79 Å². The molecule has 4 nitrogen and oxygen atoms in total. The van der Waals surface area contributed by atoms with Gasteiger partial charge in [-0.2, -0.15) is 5.26 Å². The van der Waals surface area contributed by atoms with Crippen molar-refractivity contribution in [2.75, 3.05) is 18.0 Å². The molecule has 0 aromatic heterocycles. The van der Waals surface area contributed by atoms with Crippen molar-refractivity contribution in [1.29, 1.82) is 5.26 Å². The Bertz CT molecular complexity index is 508. The number of aliphatic carboxylic acids is 1. The minimum atomic E-state index is -0.654. The number of nitrogens with zero attached hydrogens (tertiary/aromatic N) is 2. The Morgan fingerprint density at radius 3 is 2.40 bits per heavy atom. The summed E-state index contributed by atoms with van der Waals surface area (Å²) in [6.45, 7) is 3.56. The van der Waals surface area contributed by atoms with Crippen LogP contribution in [0.25, 0.3) is 0 Å². The maximum absolute atomic E-state index is 11.5. The first-order valence-electron chi connectivity index (χ1n) is 7.10. The van der Waals surface area contributed by atoms with Gasteiger partial charge in [-0.05, 0) is 43.5 Å². The second kappa shape index (κ2) is 5.96. The van der Waals surface area contributed by atoms with Crippen LogP contribution in [0.5, 0.6) is 0 Å². The molecule has 1 fully saturated rings. The molecule has 1 aliphatic rings. The molecule has 0 spiro atoms. The van der Waals surface area contributed by atoms with E-state index in [1.54, 1.807) is 12.1 Å².